The first-order valence-corrected chi connectivity index (χ1v) is 6.42. The number of fused-ring (bicyclic) bond motifs is 1. The minimum absolute atomic E-state index is 0.223. The Labute approximate surface area is 120 Å². The first kappa shape index (κ1) is 12.7. The summed E-state index contributed by atoms with van der Waals surface area (Å²) in [5.74, 6) is -0.223. The van der Waals surface area contributed by atoms with E-state index in [0.717, 1.165) is 0 Å². The smallest absolute Gasteiger partial charge is 0.305 e. The lowest BCUT2D eigenvalue weighted by Crippen LogP contribution is -2.26. The number of amides is 1. The molecule has 0 saturated heterocycles. The maximum Gasteiger partial charge on any atom is 0.305 e. The average Bonchev–Trinajstić information content (AvgIpc) is 2.89. The Morgan fingerprint density at radius 1 is 1.20 bits per heavy atom. The molecule has 1 amide bonds. The van der Waals surface area contributed by atoms with Crippen molar-refractivity contribution in [3.05, 3.63) is 59.1 Å². The van der Waals surface area contributed by atoms with E-state index in [0.29, 0.717) is 21.7 Å². The number of benzene rings is 2. The molecule has 2 aromatic carbocycles. The van der Waals surface area contributed by atoms with Crippen molar-refractivity contribution in [3.8, 4) is 0 Å². The van der Waals surface area contributed by atoms with Crippen molar-refractivity contribution in [3.63, 3.8) is 0 Å². The average molecular weight is 287 g/mol. The fourth-order valence-corrected chi connectivity index (χ4v) is 2.10. The summed E-state index contributed by atoms with van der Waals surface area (Å²) in [6, 6.07) is 14.4. The molecule has 0 bridgehead atoms. The van der Waals surface area contributed by atoms with Crippen molar-refractivity contribution in [2.24, 2.45) is 0 Å². The fourth-order valence-electron chi connectivity index (χ4n) is 1.91. The highest BCUT2D eigenvalue weighted by Gasteiger charge is 2.18. The second kappa shape index (κ2) is 4.98. The molecule has 0 radical (unpaired) electrons. The number of nitrogens with zero attached hydrogens (tertiary/aromatic N) is 2. The van der Waals surface area contributed by atoms with Crippen LogP contribution in [0.5, 0.6) is 0 Å². The van der Waals surface area contributed by atoms with Gasteiger partial charge in [-0.3, -0.25) is 9.69 Å². The lowest BCUT2D eigenvalue weighted by Gasteiger charge is -2.12. The van der Waals surface area contributed by atoms with Gasteiger partial charge in [0.2, 0.25) is 0 Å². The maximum atomic E-state index is 12.3. The molecule has 0 saturated carbocycles. The van der Waals surface area contributed by atoms with Gasteiger partial charge in [0.15, 0.2) is 5.58 Å². The summed E-state index contributed by atoms with van der Waals surface area (Å²) >= 11 is 5.89. The van der Waals surface area contributed by atoms with Gasteiger partial charge in [0.05, 0.1) is 0 Å². The molecule has 100 valence electrons. The summed E-state index contributed by atoms with van der Waals surface area (Å²) in [6.07, 6.45) is 0. The zero-order valence-corrected chi connectivity index (χ0v) is 11.5. The van der Waals surface area contributed by atoms with E-state index in [1.807, 2.05) is 24.3 Å². The van der Waals surface area contributed by atoms with E-state index in [1.165, 1.54) is 4.90 Å². The molecule has 0 fully saturated rings. The van der Waals surface area contributed by atoms with Crippen LogP contribution in [0.3, 0.4) is 0 Å². The Hall–Kier alpha value is -2.33. The Balaban J connectivity index is 1.95. The first-order valence-electron chi connectivity index (χ1n) is 6.04. The van der Waals surface area contributed by atoms with Crippen molar-refractivity contribution in [2.75, 3.05) is 11.9 Å². The van der Waals surface area contributed by atoms with Gasteiger partial charge >= 0.3 is 6.01 Å². The third kappa shape index (κ3) is 2.26. The van der Waals surface area contributed by atoms with E-state index in [4.69, 9.17) is 16.0 Å². The Bertz CT molecular complexity index is 749. The van der Waals surface area contributed by atoms with Crippen LogP contribution in [-0.2, 0) is 0 Å². The minimum Gasteiger partial charge on any atom is -0.423 e. The van der Waals surface area contributed by atoms with Crippen LogP contribution in [0.25, 0.3) is 11.1 Å². The molecule has 0 aliphatic heterocycles. The molecule has 0 aliphatic carbocycles. The number of carbonyl (C=O) groups excluding carboxylic acids is 1. The number of hydrogen-bond acceptors (Lipinski definition) is 3. The monoisotopic (exact) mass is 286 g/mol. The van der Waals surface area contributed by atoms with Gasteiger partial charge in [0.1, 0.15) is 5.52 Å². The molecule has 3 rings (SSSR count). The van der Waals surface area contributed by atoms with Gasteiger partial charge in [-0.15, -0.1) is 0 Å². The molecule has 3 aromatic rings. The number of aromatic nitrogens is 1. The third-order valence-electron chi connectivity index (χ3n) is 2.95. The molecule has 20 heavy (non-hydrogen) atoms. The highest BCUT2D eigenvalue weighted by Crippen LogP contribution is 2.22. The van der Waals surface area contributed by atoms with Crippen LogP contribution in [0.1, 0.15) is 10.4 Å². The zero-order valence-electron chi connectivity index (χ0n) is 10.7. The maximum absolute atomic E-state index is 12.3. The molecular weight excluding hydrogens is 276 g/mol. The van der Waals surface area contributed by atoms with Gasteiger partial charge in [-0.1, -0.05) is 29.8 Å². The predicted molar refractivity (Wildman–Crippen MR) is 78.2 cm³/mol. The van der Waals surface area contributed by atoms with Crippen LogP contribution < -0.4 is 4.90 Å². The summed E-state index contributed by atoms with van der Waals surface area (Å²) in [6.45, 7) is 0. The Kier molecular flexibility index (Phi) is 3.16. The summed E-state index contributed by atoms with van der Waals surface area (Å²) in [5, 5.41) is 0.516. The second-order valence-electron chi connectivity index (χ2n) is 4.34. The van der Waals surface area contributed by atoms with Crippen molar-refractivity contribution in [2.45, 2.75) is 0 Å². The predicted octanol–water partition coefficient (Wildman–Crippen LogP) is 3.76. The van der Waals surface area contributed by atoms with Gasteiger partial charge in [-0.25, -0.2) is 0 Å². The number of para-hydroxylation sites is 2. The number of carbonyl (C=O) groups is 1. The standard InChI is InChI=1S/C15H11ClN2O2/c1-18(14(19)10-5-4-6-11(16)9-10)15-17-12-7-2-3-8-13(12)20-15/h2-9H,1H3. The number of halogens is 1. The highest BCUT2D eigenvalue weighted by molar-refractivity contribution is 6.31. The zero-order chi connectivity index (χ0) is 14.1. The normalized spacial score (nSPS) is 10.7. The van der Waals surface area contributed by atoms with Crippen molar-refractivity contribution in [1.29, 1.82) is 0 Å². The number of anilines is 1. The van der Waals surface area contributed by atoms with E-state index in [-0.39, 0.29) is 11.9 Å². The largest absolute Gasteiger partial charge is 0.423 e. The first-order chi connectivity index (χ1) is 9.65. The van der Waals surface area contributed by atoms with Crippen molar-refractivity contribution < 1.29 is 9.21 Å². The Morgan fingerprint density at radius 2 is 2.00 bits per heavy atom. The van der Waals surface area contributed by atoms with Gasteiger partial charge in [-0.05, 0) is 30.3 Å². The quantitative estimate of drug-likeness (QED) is 0.720. The van der Waals surface area contributed by atoms with Crippen LogP contribution in [-0.4, -0.2) is 17.9 Å². The fraction of sp³-hybridized carbons (Fsp3) is 0.0667. The molecule has 0 unspecified atom stereocenters. The summed E-state index contributed by atoms with van der Waals surface area (Å²) in [5.41, 5.74) is 1.85. The van der Waals surface area contributed by atoms with Crippen molar-refractivity contribution in [1.82, 2.24) is 4.98 Å². The SMILES string of the molecule is CN(C(=O)c1cccc(Cl)c1)c1nc2ccccc2o1. The molecule has 4 nitrogen and oxygen atoms in total. The van der Waals surface area contributed by atoms with Crippen LogP contribution in [0, 0.1) is 0 Å². The van der Waals surface area contributed by atoms with E-state index < -0.39 is 0 Å². The van der Waals surface area contributed by atoms with E-state index in [2.05, 4.69) is 4.98 Å². The van der Waals surface area contributed by atoms with Gasteiger partial charge < -0.3 is 4.42 Å². The molecule has 0 N–H and O–H groups in total. The van der Waals surface area contributed by atoms with Gasteiger partial charge in [0.25, 0.3) is 5.91 Å². The minimum atomic E-state index is -0.223. The topological polar surface area (TPSA) is 46.3 Å². The number of hydrogen-bond donors (Lipinski definition) is 0. The molecule has 0 aliphatic rings. The van der Waals surface area contributed by atoms with Crippen LogP contribution in [0.4, 0.5) is 6.01 Å². The van der Waals surface area contributed by atoms with Crippen LogP contribution in [0.15, 0.2) is 52.9 Å². The molecule has 0 atom stereocenters. The van der Waals surface area contributed by atoms with Crippen LogP contribution >= 0.6 is 11.6 Å². The molecule has 1 aromatic heterocycles. The second-order valence-corrected chi connectivity index (χ2v) is 4.78. The van der Waals surface area contributed by atoms with E-state index in [1.54, 1.807) is 31.3 Å². The van der Waals surface area contributed by atoms with E-state index in [9.17, 15) is 4.79 Å². The summed E-state index contributed by atoms with van der Waals surface area (Å²) in [7, 11) is 1.62. The van der Waals surface area contributed by atoms with Gasteiger partial charge in [-0.2, -0.15) is 4.98 Å². The molecule has 0 spiro atoms. The molecule has 1 heterocycles. The Morgan fingerprint density at radius 3 is 2.75 bits per heavy atom. The number of oxazole rings is 1. The molecule has 5 heteroatoms. The van der Waals surface area contributed by atoms with Crippen molar-refractivity contribution >= 4 is 34.6 Å². The highest BCUT2D eigenvalue weighted by atomic mass is 35.5. The van der Waals surface area contributed by atoms with E-state index >= 15 is 0 Å². The molecular formula is C15H11ClN2O2. The van der Waals surface area contributed by atoms with Gasteiger partial charge in [0, 0.05) is 17.6 Å². The summed E-state index contributed by atoms with van der Waals surface area (Å²) < 4.78 is 5.56. The third-order valence-corrected chi connectivity index (χ3v) is 3.18. The van der Waals surface area contributed by atoms with Crippen LogP contribution in [0.2, 0.25) is 5.02 Å². The summed E-state index contributed by atoms with van der Waals surface area (Å²) in [4.78, 5) is 18.0. The lowest BCUT2D eigenvalue weighted by molar-refractivity contribution is 0.0988. The lowest BCUT2D eigenvalue weighted by atomic mass is 10.2. The number of rotatable bonds is 2.